The summed E-state index contributed by atoms with van der Waals surface area (Å²) in [4.78, 5) is 37.4. The molecule has 0 aromatic heterocycles. The molecule has 28 heavy (non-hydrogen) atoms. The summed E-state index contributed by atoms with van der Waals surface area (Å²) in [7, 11) is 1.43. The van der Waals surface area contributed by atoms with Crippen LogP contribution < -0.4 is 21.1 Å². The van der Waals surface area contributed by atoms with Gasteiger partial charge in [0.2, 0.25) is 0 Å². The number of ether oxygens (including phenoxy) is 1. The largest absolute Gasteiger partial charge is 0.496 e. The van der Waals surface area contributed by atoms with E-state index in [0.717, 1.165) is 10.3 Å². The molecule has 0 atom stereocenters. The van der Waals surface area contributed by atoms with Crippen molar-refractivity contribution in [3.05, 3.63) is 70.7 Å². The van der Waals surface area contributed by atoms with Gasteiger partial charge in [-0.25, -0.2) is 9.69 Å². The highest BCUT2D eigenvalue weighted by Gasteiger charge is 2.25. The van der Waals surface area contributed by atoms with Crippen molar-refractivity contribution in [2.24, 2.45) is 11.5 Å². The molecule has 0 radical (unpaired) electrons. The zero-order valence-electron chi connectivity index (χ0n) is 14.8. The Bertz CT molecular complexity index is 1110. The minimum atomic E-state index is -0.967. The van der Waals surface area contributed by atoms with Crippen molar-refractivity contribution in [2.75, 3.05) is 12.0 Å². The third kappa shape index (κ3) is 3.47. The van der Waals surface area contributed by atoms with Gasteiger partial charge in [0.15, 0.2) is 0 Å². The molecule has 0 aliphatic carbocycles. The smallest absolute Gasteiger partial charge is 0.326 e. The number of nitrogens with zero attached hydrogens (tertiary/aromatic N) is 1. The van der Waals surface area contributed by atoms with Crippen molar-refractivity contribution in [3.8, 4) is 5.75 Å². The Labute approximate surface area is 165 Å². The highest BCUT2D eigenvalue weighted by atomic mass is 35.5. The van der Waals surface area contributed by atoms with Crippen molar-refractivity contribution in [1.82, 2.24) is 0 Å². The van der Waals surface area contributed by atoms with Crippen molar-refractivity contribution in [3.63, 3.8) is 0 Å². The number of anilines is 1. The summed E-state index contributed by atoms with van der Waals surface area (Å²) < 4.78 is 5.18. The van der Waals surface area contributed by atoms with Crippen LogP contribution in [0.15, 0.2) is 54.6 Å². The Morgan fingerprint density at radius 1 is 0.964 bits per heavy atom. The molecule has 4 amide bonds. The number of para-hydroxylation sites is 1. The minimum Gasteiger partial charge on any atom is -0.496 e. The second-order valence-electron chi connectivity index (χ2n) is 5.91. The predicted octanol–water partition coefficient (Wildman–Crippen LogP) is 3.33. The topological polar surface area (TPSA) is 116 Å². The van der Waals surface area contributed by atoms with E-state index in [0.29, 0.717) is 11.1 Å². The van der Waals surface area contributed by atoms with Gasteiger partial charge in [-0.15, -0.1) is 0 Å². The summed E-state index contributed by atoms with van der Waals surface area (Å²) >= 11 is 6.11. The zero-order chi connectivity index (χ0) is 20.4. The zero-order valence-corrected chi connectivity index (χ0v) is 15.6. The molecule has 0 fully saturated rings. The van der Waals surface area contributed by atoms with Crippen LogP contribution in [0.3, 0.4) is 0 Å². The van der Waals surface area contributed by atoms with E-state index < -0.39 is 17.8 Å². The first-order valence-corrected chi connectivity index (χ1v) is 8.51. The van der Waals surface area contributed by atoms with Gasteiger partial charge in [0.05, 0.1) is 23.4 Å². The number of amides is 4. The summed E-state index contributed by atoms with van der Waals surface area (Å²) in [5.41, 5.74) is 11.4. The molecule has 0 aliphatic heterocycles. The van der Waals surface area contributed by atoms with Crippen LogP contribution >= 0.6 is 11.6 Å². The molecule has 142 valence electrons. The number of methoxy groups -OCH3 is 1. The summed E-state index contributed by atoms with van der Waals surface area (Å²) in [5.74, 6) is -0.988. The number of benzene rings is 3. The van der Waals surface area contributed by atoms with Gasteiger partial charge in [0.25, 0.3) is 11.8 Å². The van der Waals surface area contributed by atoms with E-state index >= 15 is 0 Å². The molecule has 0 aliphatic rings. The van der Waals surface area contributed by atoms with E-state index in [1.807, 2.05) is 0 Å². The average molecular weight is 398 g/mol. The molecule has 0 saturated carbocycles. The molecular weight excluding hydrogens is 382 g/mol. The Kier molecular flexibility index (Phi) is 5.19. The summed E-state index contributed by atoms with van der Waals surface area (Å²) in [5, 5.41) is 1.50. The maximum absolute atomic E-state index is 13.0. The maximum atomic E-state index is 13.0. The van der Waals surface area contributed by atoms with Crippen molar-refractivity contribution < 1.29 is 19.1 Å². The van der Waals surface area contributed by atoms with Gasteiger partial charge in [-0.1, -0.05) is 29.8 Å². The number of urea groups is 1. The third-order valence-corrected chi connectivity index (χ3v) is 4.51. The van der Waals surface area contributed by atoms with Gasteiger partial charge >= 0.3 is 6.03 Å². The summed E-state index contributed by atoms with van der Waals surface area (Å²) in [6.07, 6.45) is 0. The fraction of sp³-hybridized carbons (Fsp3) is 0.0500. The van der Waals surface area contributed by atoms with E-state index in [-0.39, 0.29) is 21.8 Å². The number of carbonyl (C=O) groups excluding carboxylic acids is 3. The second-order valence-corrected chi connectivity index (χ2v) is 6.32. The lowest BCUT2D eigenvalue weighted by atomic mass is 10.0. The number of hydrogen-bond donors (Lipinski definition) is 2. The van der Waals surface area contributed by atoms with Crippen LogP contribution in [0.5, 0.6) is 5.75 Å². The van der Waals surface area contributed by atoms with Crippen molar-refractivity contribution in [2.45, 2.75) is 0 Å². The monoisotopic (exact) mass is 397 g/mol. The predicted molar refractivity (Wildman–Crippen MR) is 107 cm³/mol. The van der Waals surface area contributed by atoms with Crippen LogP contribution in [-0.4, -0.2) is 25.0 Å². The molecule has 0 heterocycles. The highest BCUT2D eigenvalue weighted by molar-refractivity contribution is 6.35. The number of primary amides is 2. The average Bonchev–Trinajstić information content (AvgIpc) is 2.67. The maximum Gasteiger partial charge on any atom is 0.326 e. The van der Waals surface area contributed by atoms with Crippen molar-refractivity contribution in [1.29, 1.82) is 0 Å². The Morgan fingerprint density at radius 2 is 1.68 bits per heavy atom. The minimum absolute atomic E-state index is 0.175. The fourth-order valence-electron chi connectivity index (χ4n) is 2.86. The van der Waals surface area contributed by atoms with E-state index in [4.69, 9.17) is 27.8 Å². The molecule has 0 spiro atoms. The third-order valence-electron chi connectivity index (χ3n) is 4.19. The first-order valence-electron chi connectivity index (χ1n) is 8.13. The standard InChI is InChI=1S/C20H16ClN3O4/c1-28-17-10-11-6-7-12(8-13(11)9-14(17)18(22)25)19(26)24(20(23)27)16-5-3-2-4-15(16)21/h2-10H,1H3,(H2,22,25)(H2,23,27). The summed E-state index contributed by atoms with van der Waals surface area (Å²) in [6, 6.07) is 13.3. The first kappa shape index (κ1) is 19.2. The van der Waals surface area contributed by atoms with Crippen LogP contribution in [0.25, 0.3) is 10.8 Å². The second kappa shape index (κ2) is 7.58. The van der Waals surface area contributed by atoms with Crippen LogP contribution in [0.1, 0.15) is 20.7 Å². The molecule has 4 N–H and O–H groups in total. The number of carbonyl (C=O) groups is 3. The number of fused-ring (bicyclic) bond motifs is 1. The Hall–Kier alpha value is -3.58. The van der Waals surface area contributed by atoms with E-state index in [9.17, 15) is 14.4 Å². The molecule has 7 nitrogen and oxygen atoms in total. The quantitative estimate of drug-likeness (QED) is 0.702. The molecule has 3 aromatic rings. The van der Waals surface area contributed by atoms with Crippen LogP contribution in [0.4, 0.5) is 10.5 Å². The number of imide groups is 1. The molecular formula is C20H16ClN3O4. The Morgan fingerprint density at radius 3 is 2.29 bits per heavy atom. The van der Waals surface area contributed by atoms with Crippen LogP contribution in [0, 0.1) is 0 Å². The van der Waals surface area contributed by atoms with Gasteiger partial charge in [0, 0.05) is 5.56 Å². The molecule has 0 saturated heterocycles. The fourth-order valence-corrected chi connectivity index (χ4v) is 3.08. The highest BCUT2D eigenvalue weighted by Crippen LogP contribution is 2.29. The Balaban J connectivity index is 2.11. The van der Waals surface area contributed by atoms with E-state index in [1.165, 1.54) is 25.3 Å². The number of hydrogen-bond acceptors (Lipinski definition) is 4. The first-order chi connectivity index (χ1) is 13.3. The van der Waals surface area contributed by atoms with Crippen LogP contribution in [-0.2, 0) is 0 Å². The molecule has 8 heteroatoms. The lowest BCUT2D eigenvalue weighted by Gasteiger charge is -2.20. The molecule has 0 bridgehead atoms. The SMILES string of the molecule is COc1cc2ccc(C(=O)N(C(N)=O)c3ccccc3Cl)cc2cc1C(N)=O. The summed E-state index contributed by atoms with van der Waals surface area (Å²) in [6.45, 7) is 0. The molecule has 3 rings (SSSR count). The van der Waals surface area contributed by atoms with Crippen LogP contribution in [0.2, 0.25) is 5.02 Å². The molecule has 3 aromatic carbocycles. The van der Waals surface area contributed by atoms with Gasteiger partial charge in [-0.05, 0) is 47.2 Å². The lowest BCUT2D eigenvalue weighted by molar-refractivity contribution is 0.0988. The number of rotatable bonds is 4. The lowest BCUT2D eigenvalue weighted by Crippen LogP contribution is -2.41. The van der Waals surface area contributed by atoms with E-state index in [1.54, 1.807) is 36.4 Å². The van der Waals surface area contributed by atoms with Gasteiger partial charge in [0.1, 0.15) is 5.75 Å². The number of nitrogens with two attached hydrogens (primary N) is 2. The molecule has 0 unspecified atom stereocenters. The van der Waals surface area contributed by atoms with Gasteiger partial charge in [-0.3, -0.25) is 9.59 Å². The van der Waals surface area contributed by atoms with Gasteiger partial charge < -0.3 is 16.2 Å². The van der Waals surface area contributed by atoms with Gasteiger partial charge in [-0.2, -0.15) is 0 Å². The van der Waals surface area contributed by atoms with Crippen molar-refractivity contribution >= 4 is 45.9 Å². The normalized spacial score (nSPS) is 10.5. The number of halogens is 1. The van der Waals surface area contributed by atoms with E-state index in [2.05, 4.69) is 0 Å².